The van der Waals surface area contributed by atoms with E-state index in [0.29, 0.717) is 0 Å². The molecule has 0 saturated heterocycles. The molecule has 0 radical (unpaired) electrons. The normalized spacial score (nSPS) is 15.6. The Hall–Kier alpha value is -2.03. The fourth-order valence-corrected chi connectivity index (χ4v) is 1.74. The molecule has 0 aromatic heterocycles. The number of hydrogen-bond acceptors (Lipinski definition) is 2. The lowest BCUT2D eigenvalue weighted by atomic mass is 10.1. The van der Waals surface area contributed by atoms with E-state index in [1.54, 1.807) is 6.20 Å². The number of allylic oxidation sites excluding steroid dienone is 2. The molecule has 0 bridgehead atoms. The van der Waals surface area contributed by atoms with Gasteiger partial charge in [0.05, 0.1) is 0 Å². The highest BCUT2D eigenvalue weighted by Gasteiger charge is 2.16. The minimum absolute atomic E-state index is 0.437. The van der Waals surface area contributed by atoms with E-state index < -0.39 is 11.7 Å². The second kappa shape index (κ2) is 4.69. The molecule has 1 N–H and O–H groups in total. The van der Waals surface area contributed by atoms with Crippen LogP contribution >= 0.6 is 0 Å². The van der Waals surface area contributed by atoms with E-state index in [-0.39, 0.29) is 0 Å². The first-order valence-corrected chi connectivity index (χ1v) is 5.93. The summed E-state index contributed by atoms with van der Waals surface area (Å²) in [6.07, 6.45) is 5.24. The predicted octanol–water partition coefficient (Wildman–Crippen LogP) is 3.58. The molecule has 0 saturated carbocycles. The number of amides is 1. The summed E-state index contributed by atoms with van der Waals surface area (Å²) in [4.78, 5) is 11.5. The maximum absolute atomic E-state index is 11.5. The Morgan fingerprint density at radius 3 is 2.67 bits per heavy atom. The maximum atomic E-state index is 11.5. The molecular formula is C15H17NO2. The van der Waals surface area contributed by atoms with Crippen molar-refractivity contribution in [1.29, 1.82) is 0 Å². The number of carbonyl (C=O) groups is 1. The van der Waals surface area contributed by atoms with E-state index in [9.17, 15) is 4.79 Å². The first kappa shape index (κ1) is 12.4. The Kier molecular flexibility index (Phi) is 3.24. The second-order valence-corrected chi connectivity index (χ2v) is 5.17. The number of benzene rings is 1. The van der Waals surface area contributed by atoms with Gasteiger partial charge in [0.25, 0.3) is 0 Å². The molecule has 0 unspecified atom stereocenters. The molecule has 1 aromatic rings. The topological polar surface area (TPSA) is 38.3 Å². The third-order valence-corrected chi connectivity index (χ3v) is 2.46. The molecule has 0 spiro atoms. The summed E-state index contributed by atoms with van der Waals surface area (Å²) in [6.45, 7) is 5.51. The molecule has 0 heterocycles. The first-order chi connectivity index (χ1) is 8.46. The number of ether oxygens (including phenoxy) is 1. The fraction of sp³-hybridized carbons (Fsp3) is 0.267. The van der Waals surface area contributed by atoms with E-state index in [2.05, 4.69) is 5.32 Å². The van der Waals surface area contributed by atoms with Gasteiger partial charge in [-0.25, -0.2) is 4.79 Å². The van der Waals surface area contributed by atoms with Gasteiger partial charge in [0.1, 0.15) is 5.60 Å². The van der Waals surface area contributed by atoms with Crippen molar-refractivity contribution in [1.82, 2.24) is 5.32 Å². The van der Waals surface area contributed by atoms with E-state index in [1.165, 1.54) is 0 Å². The molecule has 2 rings (SSSR count). The van der Waals surface area contributed by atoms with Crippen molar-refractivity contribution in [2.45, 2.75) is 26.4 Å². The lowest BCUT2D eigenvalue weighted by Crippen LogP contribution is -2.29. The van der Waals surface area contributed by atoms with Gasteiger partial charge in [-0.1, -0.05) is 36.4 Å². The zero-order valence-corrected chi connectivity index (χ0v) is 10.9. The highest BCUT2D eigenvalue weighted by molar-refractivity contribution is 5.90. The molecule has 0 atom stereocenters. The van der Waals surface area contributed by atoms with Gasteiger partial charge < -0.3 is 4.74 Å². The van der Waals surface area contributed by atoms with Crippen LogP contribution < -0.4 is 5.32 Å². The van der Waals surface area contributed by atoms with Gasteiger partial charge >= 0.3 is 6.09 Å². The van der Waals surface area contributed by atoms with E-state index in [1.807, 2.05) is 57.2 Å². The zero-order valence-electron chi connectivity index (χ0n) is 10.9. The van der Waals surface area contributed by atoms with Crippen LogP contribution in [0.5, 0.6) is 0 Å². The summed E-state index contributed by atoms with van der Waals surface area (Å²) in [5.74, 6) is 0. The summed E-state index contributed by atoms with van der Waals surface area (Å²) < 4.78 is 5.17. The second-order valence-electron chi connectivity index (χ2n) is 5.17. The molecule has 3 nitrogen and oxygen atoms in total. The molecule has 0 aliphatic heterocycles. The van der Waals surface area contributed by atoms with E-state index in [4.69, 9.17) is 4.74 Å². The summed E-state index contributed by atoms with van der Waals surface area (Å²) in [5, 5.41) is 2.65. The van der Waals surface area contributed by atoms with Gasteiger partial charge in [-0.2, -0.15) is 0 Å². The molecular weight excluding hydrogens is 226 g/mol. The number of alkyl carbamates (subject to hydrolysis) is 1. The molecule has 0 fully saturated rings. The standard InChI is InChI=1S/C15H17NO2/c1-15(2,3)18-14(17)16-10-12-9-8-11-6-4-5-7-13(11)12/h4-10H,1-3H3,(H,16,17)/b12-10+. The molecule has 1 amide bonds. The van der Waals surface area contributed by atoms with Crippen molar-refractivity contribution >= 4 is 17.7 Å². The minimum Gasteiger partial charge on any atom is -0.444 e. The Morgan fingerprint density at radius 1 is 1.22 bits per heavy atom. The summed E-state index contributed by atoms with van der Waals surface area (Å²) >= 11 is 0. The fourth-order valence-electron chi connectivity index (χ4n) is 1.74. The van der Waals surface area contributed by atoms with Crippen LogP contribution in [0.1, 0.15) is 31.9 Å². The third-order valence-electron chi connectivity index (χ3n) is 2.46. The maximum Gasteiger partial charge on any atom is 0.411 e. The Morgan fingerprint density at radius 2 is 1.94 bits per heavy atom. The van der Waals surface area contributed by atoms with Gasteiger partial charge in [0, 0.05) is 6.20 Å². The van der Waals surface area contributed by atoms with Gasteiger partial charge in [0.2, 0.25) is 0 Å². The predicted molar refractivity (Wildman–Crippen MR) is 72.8 cm³/mol. The number of rotatable bonds is 1. The van der Waals surface area contributed by atoms with Gasteiger partial charge in [-0.15, -0.1) is 0 Å². The molecule has 1 aromatic carbocycles. The van der Waals surface area contributed by atoms with Crippen molar-refractivity contribution in [2.75, 3.05) is 0 Å². The van der Waals surface area contributed by atoms with Crippen molar-refractivity contribution in [2.24, 2.45) is 0 Å². The van der Waals surface area contributed by atoms with Crippen LogP contribution in [0.2, 0.25) is 0 Å². The molecule has 3 heteroatoms. The Bertz CT molecular complexity index is 522. The smallest absolute Gasteiger partial charge is 0.411 e. The molecule has 94 valence electrons. The first-order valence-electron chi connectivity index (χ1n) is 5.93. The number of hydrogen-bond donors (Lipinski definition) is 1. The van der Waals surface area contributed by atoms with Gasteiger partial charge in [-0.05, 0) is 37.5 Å². The van der Waals surface area contributed by atoms with Crippen molar-refractivity contribution in [3.8, 4) is 0 Å². The van der Waals surface area contributed by atoms with E-state index >= 15 is 0 Å². The summed E-state index contributed by atoms with van der Waals surface area (Å²) in [5.41, 5.74) is 2.78. The lowest BCUT2D eigenvalue weighted by Gasteiger charge is -2.18. The summed E-state index contributed by atoms with van der Waals surface area (Å²) in [6, 6.07) is 8.04. The largest absolute Gasteiger partial charge is 0.444 e. The van der Waals surface area contributed by atoms with Crippen LogP contribution in [0, 0.1) is 0 Å². The third kappa shape index (κ3) is 3.00. The number of nitrogens with one attached hydrogen (secondary N) is 1. The van der Waals surface area contributed by atoms with E-state index in [0.717, 1.165) is 16.7 Å². The molecule has 1 aliphatic carbocycles. The van der Waals surface area contributed by atoms with Crippen LogP contribution in [0.25, 0.3) is 11.6 Å². The van der Waals surface area contributed by atoms with Crippen LogP contribution in [-0.2, 0) is 4.74 Å². The molecule has 18 heavy (non-hydrogen) atoms. The highest BCUT2D eigenvalue weighted by Crippen LogP contribution is 2.27. The van der Waals surface area contributed by atoms with Crippen LogP contribution in [0.15, 0.2) is 36.5 Å². The van der Waals surface area contributed by atoms with Gasteiger partial charge in [0.15, 0.2) is 0 Å². The Labute approximate surface area is 107 Å². The lowest BCUT2D eigenvalue weighted by molar-refractivity contribution is 0.0552. The highest BCUT2D eigenvalue weighted by atomic mass is 16.6. The average Bonchev–Trinajstić information content (AvgIpc) is 2.67. The zero-order chi connectivity index (χ0) is 13.2. The monoisotopic (exact) mass is 243 g/mol. The number of fused-ring (bicyclic) bond motifs is 1. The molecule has 1 aliphatic rings. The van der Waals surface area contributed by atoms with Crippen molar-refractivity contribution < 1.29 is 9.53 Å². The van der Waals surface area contributed by atoms with Crippen LogP contribution in [0.4, 0.5) is 4.79 Å². The SMILES string of the molecule is CC(C)(C)OC(=O)N/C=C1\C=Cc2ccccc21. The number of carbonyl (C=O) groups excluding carboxylic acids is 1. The minimum atomic E-state index is -0.480. The Balaban J connectivity index is 2.05. The quantitative estimate of drug-likeness (QED) is 0.818. The summed E-state index contributed by atoms with van der Waals surface area (Å²) in [7, 11) is 0. The van der Waals surface area contributed by atoms with Crippen molar-refractivity contribution in [3.63, 3.8) is 0 Å². The van der Waals surface area contributed by atoms with Crippen LogP contribution in [0.3, 0.4) is 0 Å². The average molecular weight is 243 g/mol. The van der Waals surface area contributed by atoms with Crippen molar-refractivity contribution in [3.05, 3.63) is 47.7 Å². The van der Waals surface area contributed by atoms with Crippen LogP contribution in [-0.4, -0.2) is 11.7 Å². The van der Waals surface area contributed by atoms with Gasteiger partial charge in [-0.3, -0.25) is 5.32 Å².